The molecule has 0 bridgehead atoms. The van der Waals surface area contributed by atoms with Crippen LogP contribution >= 0.6 is 0 Å². The van der Waals surface area contributed by atoms with Gasteiger partial charge in [-0.3, -0.25) is 4.79 Å². The van der Waals surface area contributed by atoms with Gasteiger partial charge in [0.1, 0.15) is 18.5 Å². The molecule has 3 heteroatoms. The Bertz CT molecular complexity index is 538. The summed E-state index contributed by atoms with van der Waals surface area (Å²) in [4.78, 5) is 12.1. The highest BCUT2D eigenvalue weighted by molar-refractivity contribution is 6.07. The van der Waals surface area contributed by atoms with Gasteiger partial charge >= 0.3 is 0 Å². The largest absolute Gasteiger partial charge is 0.464 e. The summed E-state index contributed by atoms with van der Waals surface area (Å²) in [6.45, 7) is 5.06. The van der Waals surface area contributed by atoms with Crippen molar-refractivity contribution in [3.05, 3.63) is 36.1 Å². The molecule has 102 valence electrons. The van der Waals surface area contributed by atoms with Crippen molar-refractivity contribution >= 4 is 16.8 Å². The van der Waals surface area contributed by atoms with Crippen LogP contribution in [0.5, 0.6) is 0 Å². The molecule has 2 rings (SSSR count). The van der Waals surface area contributed by atoms with Gasteiger partial charge in [-0.15, -0.1) is 0 Å². The summed E-state index contributed by atoms with van der Waals surface area (Å²) >= 11 is 0. The maximum absolute atomic E-state index is 12.1. The minimum atomic E-state index is -0.0177. The van der Waals surface area contributed by atoms with Crippen molar-refractivity contribution in [3.63, 3.8) is 0 Å². The van der Waals surface area contributed by atoms with E-state index < -0.39 is 0 Å². The minimum absolute atomic E-state index is 0.0177. The molecule has 1 heterocycles. The van der Waals surface area contributed by atoms with E-state index in [1.54, 1.807) is 0 Å². The SMILES string of the molecule is CCC(CC)COCC(=O)c1coc2ccccc12. The van der Waals surface area contributed by atoms with Gasteiger partial charge in [0.15, 0.2) is 5.78 Å². The van der Waals surface area contributed by atoms with Gasteiger partial charge in [-0.05, 0) is 12.0 Å². The number of hydrogen-bond acceptors (Lipinski definition) is 3. The summed E-state index contributed by atoms with van der Waals surface area (Å²) in [5.74, 6) is 0.518. The quantitative estimate of drug-likeness (QED) is 0.704. The van der Waals surface area contributed by atoms with Gasteiger partial charge in [0, 0.05) is 12.0 Å². The van der Waals surface area contributed by atoms with Crippen molar-refractivity contribution in [1.82, 2.24) is 0 Å². The number of ether oxygens (including phenoxy) is 1. The molecule has 0 fully saturated rings. The number of hydrogen-bond donors (Lipinski definition) is 0. The number of benzene rings is 1. The molecule has 0 aliphatic carbocycles. The van der Waals surface area contributed by atoms with Crippen molar-refractivity contribution in [3.8, 4) is 0 Å². The van der Waals surface area contributed by atoms with Crippen molar-refractivity contribution < 1.29 is 13.9 Å². The Morgan fingerprint density at radius 3 is 2.74 bits per heavy atom. The first kappa shape index (κ1) is 13.8. The van der Waals surface area contributed by atoms with Crippen LogP contribution in [0.4, 0.5) is 0 Å². The van der Waals surface area contributed by atoms with E-state index in [9.17, 15) is 4.79 Å². The second kappa shape index (κ2) is 6.53. The van der Waals surface area contributed by atoms with Gasteiger partial charge < -0.3 is 9.15 Å². The number of furan rings is 1. The van der Waals surface area contributed by atoms with Crippen LogP contribution in [0, 0.1) is 5.92 Å². The molecule has 19 heavy (non-hydrogen) atoms. The third kappa shape index (κ3) is 3.24. The Labute approximate surface area is 113 Å². The number of para-hydroxylation sites is 1. The molecule has 0 unspecified atom stereocenters. The topological polar surface area (TPSA) is 39.4 Å². The van der Waals surface area contributed by atoms with Gasteiger partial charge in [0.2, 0.25) is 0 Å². The fraction of sp³-hybridized carbons (Fsp3) is 0.438. The van der Waals surface area contributed by atoms with E-state index in [0.29, 0.717) is 18.1 Å². The molecule has 0 N–H and O–H groups in total. The predicted molar refractivity (Wildman–Crippen MR) is 75.4 cm³/mol. The van der Waals surface area contributed by atoms with Gasteiger partial charge in [0.05, 0.1) is 5.56 Å². The van der Waals surface area contributed by atoms with Crippen LogP contribution in [0.1, 0.15) is 37.0 Å². The maximum Gasteiger partial charge on any atom is 0.192 e. The van der Waals surface area contributed by atoms with Crippen molar-refractivity contribution in [2.45, 2.75) is 26.7 Å². The van der Waals surface area contributed by atoms with Crippen LogP contribution in [-0.2, 0) is 4.74 Å². The molecular weight excluding hydrogens is 240 g/mol. The van der Waals surface area contributed by atoms with E-state index in [2.05, 4.69) is 13.8 Å². The predicted octanol–water partition coefficient (Wildman–Crippen LogP) is 4.07. The smallest absolute Gasteiger partial charge is 0.192 e. The first-order valence-corrected chi connectivity index (χ1v) is 6.83. The molecule has 3 nitrogen and oxygen atoms in total. The van der Waals surface area contributed by atoms with E-state index in [0.717, 1.165) is 23.8 Å². The molecular formula is C16H20O3. The van der Waals surface area contributed by atoms with Gasteiger partial charge in [-0.1, -0.05) is 44.9 Å². The molecule has 1 aromatic carbocycles. The standard InChI is InChI=1S/C16H20O3/c1-3-12(4-2)9-18-11-15(17)14-10-19-16-8-6-5-7-13(14)16/h5-8,10,12H,3-4,9,11H2,1-2H3. The highest BCUT2D eigenvalue weighted by Crippen LogP contribution is 2.21. The molecule has 0 spiro atoms. The number of carbonyl (C=O) groups is 1. The lowest BCUT2D eigenvalue weighted by atomic mass is 10.1. The number of rotatable bonds is 7. The normalized spacial score (nSPS) is 11.3. The summed E-state index contributed by atoms with van der Waals surface area (Å²) < 4.78 is 10.9. The van der Waals surface area contributed by atoms with E-state index in [1.807, 2.05) is 24.3 Å². The lowest BCUT2D eigenvalue weighted by Crippen LogP contribution is -2.14. The van der Waals surface area contributed by atoms with Crippen LogP contribution in [0.3, 0.4) is 0 Å². The van der Waals surface area contributed by atoms with Crippen molar-refractivity contribution in [2.75, 3.05) is 13.2 Å². The second-order valence-electron chi connectivity index (χ2n) is 4.77. The fourth-order valence-corrected chi connectivity index (χ4v) is 2.11. The molecule has 0 radical (unpaired) electrons. The van der Waals surface area contributed by atoms with Gasteiger partial charge in [-0.25, -0.2) is 0 Å². The molecule has 0 atom stereocenters. The molecule has 1 aromatic heterocycles. The van der Waals surface area contributed by atoms with E-state index >= 15 is 0 Å². The maximum atomic E-state index is 12.1. The average molecular weight is 260 g/mol. The fourth-order valence-electron chi connectivity index (χ4n) is 2.11. The number of fused-ring (bicyclic) bond motifs is 1. The number of carbonyl (C=O) groups excluding carboxylic acids is 1. The Hall–Kier alpha value is -1.61. The zero-order valence-corrected chi connectivity index (χ0v) is 11.5. The molecule has 2 aromatic rings. The summed E-state index contributed by atoms with van der Waals surface area (Å²) in [6, 6.07) is 7.55. The van der Waals surface area contributed by atoms with Gasteiger partial charge in [-0.2, -0.15) is 0 Å². The zero-order chi connectivity index (χ0) is 13.7. The summed E-state index contributed by atoms with van der Waals surface area (Å²) in [6.07, 6.45) is 3.69. The Kier molecular flexibility index (Phi) is 4.74. The molecule has 0 saturated carbocycles. The van der Waals surface area contributed by atoms with E-state index in [4.69, 9.17) is 9.15 Å². The molecule has 0 aliphatic rings. The highest BCUT2D eigenvalue weighted by atomic mass is 16.5. The Morgan fingerprint density at radius 1 is 1.26 bits per heavy atom. The Morgan fingerprint density at radius 2 is 2.00 bits per heavy atom. The zero-order valence-electron chi connectivity index (χ0n) is 11.5. The lowest BCUT2D eigenvalue weighted by molar-refractivity contribution is 0.0667. The highest BCUT2D eigenvalue weighted by Gasteiger charge is 2.14. The van der Waals surface area contributed by atoms with Crippen molar-refractivity contribution in [2.24, 2.45) is 5.92 Å². The van der Waals surface area contributed by atoms with E-state index in [-0.39, 0.29) is 12.4 Å². The Balaban J connectivity index is 1.97. The first-order valence-electron chi connectivity index (χ1n) is 6.83. The number of ketones is 1. The number of Topliss-reactive ketones (excluding diaryl/α,β-unsaturated/α-hetero) is 1. The van der Waals surface area contributed by atoms with E-state index in [1.165, 1.54) is 6.26 Å². The molecule has 0 amide bonds. The molecule has 0 saturated heterocycles. The van der Waals surface area contributed by atoms with Crippen molar-refractivity contribution in [1.29, 1.82) is 0 Å². The van der Waals surface area contributed by atoms with Crippen LogP contribution in [0.25, 0.3) is 11.0 Å². The summed E-state index contributed by atoms with van der Waals surface area (Å²) in [7, 11) is 0. The van der Waals surface area contributed by atoms with Gasteiger partial charge in [0.25, 0.3) is 0 Å². The third-order valence-electron chi connectivity index (χ3n) is 3.52. The summed E-state index contributed by atoms with van der Waals surface area (Å²) in [5.41, 5.74) is 1.35. The van der Waals surface area contributed by atoms with Crippen LogP contribution in [0.2, 0.25) is 0 Å². The second-order valence-corrected chi connectivity index (χ2v) is 4.77. The van der Waals surface area contributed by atoms with Crippen LogP contribution in [-0.4, -0.2) is 19.0 Å². The monoisotopic (exact) mass is 260 g/mol. The van der Waals surface area contributed by atoms with Crippen LogP contribution in [0.15, 0.2) is 34.9 Å². The first-order chi connectivity index (χ1) is 9.26. The minimum Gasteiger partial charge on any atom is -0.464 e. The lowest BCUT2D eigenvalue weighted by Gasteiger charge is -2.11. The third-order valence-corrected chi connectivity index (χ3v) is 3.52. The summed E-state index contributed by atoms with van der Waals surface area (Å²) in [5, 5.41) is 0.860. The van der Waals surface area contributed by atoms with Crippen LogP contribution < -0.4 is 0 Å². The molecule has 0 aliphatic heterocycles. The average Bonchev–Trinajstić information content (AvgIpc) is 2.87.